The van der Waals surface area contributed by atoms with Gasteiger partial charge in [-0.05, 0) is 43.7 Å². The number of hydrogen-bond donors (Lipinski definition) is 1. The van der Waals surface area contributed by atoms with Crippen LogP contribution in [-0.2, 0) is 19.9 Å². The lowest BCUT2D eigenvalue weighted by molar-refractivity contribution is 0.0915. The highest BCUT2D eigenvalue weighted by Gasteiger charge is 2.39. The molecule has 1 amide bonds. The molecule has 0 aromatic heterocycles. The van der Waals surface area contributed by atoms with Gasteiger partial charge in [-0.3, -0.25) is 4.79 Å². The van der Waals surface area contributed by atoms with E-state index in [1.807, 2.05) is 30.3 Å². The van der Waals surface area contributed by atoms with Gasteiger partial charge in [-0.2, -0.15) is 4.31 Å². The number of benzene rings is 2. The van der Waals surface area contributed by atoms with Crippen molar-refractivity contribution in [3.63, 3.8) is 0 Å². The zero-order chi connectivity index (χ0) is 23.0. The van der Waals surface area contributed by atoms with Crippen LogP contribution < -0.4 is 10.2 Å². The summed E-state index contributed by atoms with van der Waals surface area (Å²) in [5, 5.41) is 2.78. The lowest BCUT2D eigenvalue weighted by Crippen LogP contribution is -2.48. The van der Waals surface area contributed by atoms with Crippen LogP contribution in [0.5, 0.6) is 0 Å². The number of para-hydroxylation sites is 1. The number of nitrogens with zero attached hydrogens (tertiary/aromatic N) is 2. The third-order valence-electron chi connectivity index (χ3n) is 6.01. The maximum Gasteiger partial charge on any atom is 0.251 e. The summed E-state index contributed by atoms with van der Waals surface area (Å²) in [5.41, 5.74) is 0.406. The number of sulfone groups is 1. The molecule has 2 aliphatic rings. The molecule has 2 saturated heterocycles. The summed E-state index contributed by atoms with van der Waals surface area (Å²) in [5.74, 6) is -0.557. The highest BCUT2D eigenvalue weighted by atomic mass is 32.2. The summed E-state index contributed by atoms with van der Waals surface area (Å²) >= 11 is 0. The summed E-state index contributed by atoms with van der Waals surface area (Å²) in [6.45, 7) is 3.56. The van der Waals surface area contributed by atoms with Crippen LogP contribution in [0.4, 0.5) is 5.69 Å². The molecular weight excluding hydrogens is 450 g/mol. The first kappa shape index (κ1) is 22.8. The second-order valence-corrected chi connectivity index (χ2v) is 12.7. The van der Waals surface area contributed by atoms with Crippen molar-refractivity contribution in [1.82, 2.24) is 9.62 Å². The van der Waals surface area contributed by atoms with Gasteiger partial charge in [0.1, 0.15) is 0 Å². The fourth-order valence-electron chi connectivity index (χ4n) is 4.23. The molecule has 32 heavy (non-hydrogen) atoms. The van der Waals surface area contributed by atoms with Crippen LogP contribution in [0.15, 0.2) is 59.5 Å². The monoisotopic (exact) mass is 477 g/mol. The van der Waals surface area contributed by atoms with E-state index in [0.717, 1.165) is 5.69 Å². The maximum atomic E-state index is 13.2. The van der Waals surface area contributed by atoms with Crippen molar-refractivity contribution in [2.45, 2.75) is 23.8 Å². The molecule has 0 spiro atoms. The molecule has 172 valence electrons. The Morgan fingerprint density at radius 3 is 2.31 bits per heavy atom. The molecule has 0 bridgehead atoms. The van der Waals surface area contributed by atoms with E-state index in [4.69, 9.17) is 0 Å². The Kier molecular flexibility index (Phi) is 6.04. The highest BCUT2D eigenvalue weighted by Crippen LogP contribution is 2.25. The number of hydrogen-bond acceptors (Lipinski definition) is 6. The lowest BCUT2D eigenvalue weighted by atomic mass is 10.0. The second-order valence-electron chi connectivity index (χ2n) is 8.61. The van der Waals surface area contributed by atoms with Crippen molar-refractivity contribution in [3.8, 4) is 0 Å². The van der Waals surface area contributed by atoms with Crippen LogP contribution in [0.25, 0.3) is 0 Å². The second kappa shape index (κ2) is 8.49. The third kappa shape index (κ3) is 4.82. The normalized spacial score (nSPS) is 23.7. The van der Waals surface area contributed by atoms with Crippen molar-refractivity contribution in [2.24, 2.45) is 0 Å². The van der Waals surface area contributed by atoms with Crippen molar-refractivity contribution in [3.05, 3.63) is 60.2 Å². The number of sulfonamides is 1. The van der Waals surface area contributed by atoms with E-state index in [1.54, 1.807) is 6.92 Å². The molecule has 10 heteroatoms. The molecule has 2 heterocycles. The number of amides is 1. The average molecular weight is 478 g/mol. The molecule has 2 aliphatic heterocycles. The molecule has 1 atom stereocenters. The molecule has 0 radical (unpaired) electrons. The number of anilines is 1. The minimum absolute atomic E-state index is 0.0349. The van der Waals surface area contributed by atoms with Crippen molar-refractivity contribution >= 4 is 31.5 Å². The Morgan fingerprint density at radius 1 is 1.00 bits per heavy atom. The average Bonchev–Trinajstić information content (AvgIpc) is 3.06. The molecule has 0 unspecified atom stereocenters. The maximum absolute atomic E-state index is 13.2. The molecule has 4 rings (SSSR count). The molecule has 1 N–H and O–H groups in total. The van der Waals surface area contributed by atoms with Crippen LogP contribution in [0.1, 0.15) is 23.7 Å². The predicted molar refractivity (Wildman–Crippen MR) is 123 cm³/mol. The molecule has 2 aromatic rings. The van der Waals surface area contributed by atoms with Crippen molar-refractivity contribution in [1.29, 1.82) is 0 Å². The number of carbonyl (C=O) groups is 1. The quantitative estimate of drug-likeness (QED) is 0.700. The third-order valence-corrected chi connectivity index (χ3v) is 9.81. The Bertz CT molecular complexity index is 1210. The van der Waals surface area contributed by atoms with Gasteiger partial charge in [0.15, 0.2) is 9.84 Å². The van der Waals surface area contributed by atoms with E-state index in [0.29, 0.717) is 32.6 Å². The summed E-state index contributed by atoms with van der Waals surface area (Å²) in [6.07, 6.45) is 0.338. The molecule has 0 aliphatic carbocycles. The number of rotatable bonds is 5. The zero-order valence-electron chi connectivity index (χ0n) is 17.9. The largest absolute Gasteiger partial charge is 0.369 e. The summed E-state index contributed by atoms with van der Waals surface area (Å²) in [4.78, 5) is 15.0. The van der Waals surface area contributed by atoms with Gasteiger partial charge in [0.2, 0.25) is 10.0 Å². The highest BCUT2D eigenvalue weighted by molar-refractivity contribution is 7.91. The fourth-order valence-corrected chi connectivity index (χ4v) is 7.79. The minimum Gasteiger partial charge on any atom is -0.369 e. The zero-order valence-corrected chi connectivity index (χ0v) is 19.5. The van der Waals surface area contributed by atoms with Gasteiger partial charge in [0.25, 0.3) is 5.91 Å². The molecule has 2 aromatic carbocycles. The molecular formula is C22H27N3O5S2. The van der Waals surface area contributed by atoms with Gasteiger partial charge in [0.05, 0.1) is 21.9 Å². The van der Waals surface area contributed by atoms with Gasteiger partial charge in [-0.1, -0.05) is 24.3 Å². The van der Waals surface area contributed by atoms with Crippen LogP contribution in [-0.4, -0.2) is 70.3 Å². The Morgan fingerprint density at radius 2 is 1.69 bits per heavy atom. The van der Waals surface area contributed by atoms with Gasteiger partial charge in [-0.25, -0.2) is 16.8 Å². The Labute approximate surface area is 189 Å². The summed E-state index contributed by atoms with van der Waals surface area (Å²) < 4.78 is 51.4. The standard InChI is InChI=1S/C22H27N3O5S2/c1-22(10-15-31(27,28)17-22)23-21(26)18-6-5-9-20(16-18)32(29,30)25-13-11-24(12-14-25)19-7-3-2-4-8-19/h2-9,16H,10-15,17H2,1H3,(H,23,26)/t22-/m0/s1. The van der Waals surface area contributed by atoms with Crippen LogP contribution in [0.3, 0.4) is 0 Å². The molecule has 2 fully saturated rings. The summed E-state index contributed by atoms with van der Waals surface area (Å²) in [7, 11) is -6.93. The van der Waals surface area contributed by atoms with Gasteiger partial charge < -0.3 is 10.2 Å². The number of carbonyl (C=O) groups excluding carboxylic acids is 1. The number of nitrogens with one attached hydrogen (secondary N) is 1. The minimum atomic E-state index is -3.75. The smallest absolute Gasteiger partial charge is 0.251 e. The number of piperazine rings is 1. The molecule has 8 nitrogen and oxygen atoms in total. The lowest BCUT2D eigenvalue weighted by Gasteiger charge is -2.35. The van der Waals surface area contributed by atoms with Gasteiger partial charge in [0, 0.05) is 37.4 Å². The van der Waals surface area contributed by atoms with Gasteiger partial charge >= 0.3 is 0 Å². The van der Waals surface area contributed by atoms with Crippen molar-refractivity contribution in [2.75, 3.05) is 42.6 Å². The first-order chi connectivity index (χ1) is 15.1. The van der Waals surface area contributed by atoms with Crippen LogP contribution in [0, 0.1) is 0 Å². The predicted octanol–water partition coefficient (Wildman–Crippen LogP) is 1.50. The van der Waals surface area contributed by atoms with E-state index in [9.17, 15) is 21.6 Å². The topological polar surface area (TPSA) is 104 Å². The first-order valence-corrected chi connectivity index (χ1v) is 13.8. The van der Waals surface area contributed by atoms with Gasteiger partial charge in [-0.15, -0.1) is 0 Å². The fraction of sp³-hybridized carbons (Fsp3) is 0.409. The van der Waals surface area contributed by atoms with Crippen LogP contribution in [0.2, 0.25) is 0 Å². The van der Waals surface area contributed by atoms with E-state index < -0.39 is 31.3 Å². The van der Waals surface area contributed by atoms with E-state index in [1.165, 1.54) is 28.6 Å². The molecule has 0 saturated carbocycles. The Balaban J connectivity index is 1.46. The van der Waals surface area contributed by atoms with Crippen molar-refractivity contribution < 1.29 is 21.6 Å². The SMILES string of the molecule is C[C@]1(NC(=O)c2cccc(S(=O)(=O)N3CCN(c4ccccc4)CC3)c2)CCS(=O)(=O)C1. The van der Waals surface area contributed by atoms with E-state index in [-0.39, 0.29) is 22.0 Å². The van der Waals surface area contributed by atoms with Crippen LogP contribution >= 0.6 is 0 Å². The summed E-state index contributed by atoms with van der Waals surface area (Å²) in [6, 6.07) is 15.8. The Hall–Kier alpha value is -2.43. The first-order valence-electron chi connectivity index (χ1n) is 10.5. The van der Waals surface area contributed by atoms with E-state index in [2.05, 4.69) is 10.2 Å². The van der Waals surface area contributed by atoms with E-state index >= 15 is 0 Å².